The van der Waals surface area contributed by atoms with Crippen molar-refractivity contribution in [3.63, 3.8) is 0 Å². The number of benzene rings is 1. The molecule has 0 saturated carbocycles. The van der Waals surface area contributed by atoms with Gasteiger partial charge in [0.1, 0.15) is 5.75 Å². The maximum absolute atomic E-state index is 12.8. The van der Waals surface area contributed by atoms with E-state index in [0.29, 0.717) is 0 Å². The summed E-state index contributed by atoms with van der Waals surface area (Å²) in [5.74, 6) is -0.895. The molecule has 18 heavy (non-hydrogen) atoms. The maximum Gasteiger partial charge on any atom is 0.444 e. The lowest BCUT2D eigenvalue weighted by Crippen LogP contribution is -2.32. The van der Waals surface area contributed by atoms with Gasteiger partial charge >= 0.3 is 12.1 Å². The number of halogens is 4. The van der Waals surface area contributed by atoms with Gasteiger partial charge in [0.2, 0.25) is 0 Å². The predicted octanol–water partition coefficient (Wildman–Crippen LogP) is 3.37. The molecule has 0 aromatic heterocycles. The lowest BCUT2D eigenvalue weighted by atomic mass is 10.2. The first-order valence-corrected chi connectivity index (χ1v) is 5.42. The van der Waals surface area contributed by atoms with E-state index in [1.54, 1.807) is 6.92 Å². The highest BCUT2D eigenvalue weighted by atomic mass is 35.5. The third kappa shape index (κ3) is 3.80. The molecule has 1 atom stereocenters. The molecule has 0 aliphatic carbocycles. The van der Waals surface area contributed by atoms with Crippen LogP contribution in [0.2, 0.25) is 0 Å². The normalized spacial score (nSPS) is 12.9. The molecule has 0 aliphatic rings. The zero-order valence-electron chi connectivity index (χ0n) is 9.33. The van der Waals surface area contributed by atoms with Crippen LogP contribution >= 0.6 is 11.6 Å². The van der Waals surface area contributed by atoms with Crippen LogP contribution in [-0.2, 0) is 4.74 Å². The Hall–Kier alpha value is -1.43. The first kappa shape index (κ1) is 14.6. The van der Waals surface area contributed by atoms with E-state index in [2.05, 4.69) is 16.3 Å². The molecule has 0 amide bonds. The Morgan fingerprint density at radius 2 is 1.94 bits per heavy atom. The third-order valence-corrected chi connectivity index (χ3v) is 2.13. The fraction of sp³-hybridized carbons (Fsp3) is 0.364. The topological polar surface area (TPSA) is 35.5 Å². The van der Waals surface area contributed by atoms with E-state index >= 15 is 0 Å². The van der Waals surface area contributed by atoms with Crippen LogP contribution in [0.4, 0.5) is 13.2 Å². The lowest BCUT2D eigenvalue weighted by Gasteiger charge is -2.17. The first-order chi connectivity index (χ1) is 8.36. The van der Waals surface area contributed by atoms with Crippen LogP contribution in [-0.4, -0.2) is 24.3 Å². The molecule has 0 fully saturated rings. The summed E-state index contributed by atoms with van der Waals surface area (Å²) < 4.78 is 46.6. The van der Waals surface area contributed by atoms with Crippen LogP contribution in [0.3, 0.4) is 0 Å². The average molecular weight is 283 g/mol. The number of carbonyl (C=O) groups is 1. The Balaban J connectivity index is 2.75. The van der Waals surface area contributed by atoms with Crippen LogP contribution in [0.25, 0.3) is 0 Å². The van der Waals surface area contributed by atoms with Crippen LogP contribution < -0.4 is 4.74 Å². The van der Waals surface area contributed by atoms with E-state index in [-0.39, 0.29) is 17.9 Å². The summed E-state index contributed by atoms with van der Waals surface area (Å²) in [5.41, 5.74) is -2.78. The highest BCUT2D eigenvalue weighted by Crippen LogP contribution is 2.28. The van der Waals surface area contributed by atoms with Gasteiger partial charge in [-0.1, -0.05) is 11.6 Å². The summed E-state index contributed by atoms with van der Waals surface area (Å²) >= 11 is 4.63. The summed E-state index contributed by atoms with van der Waals surface area (Å²) in [6.07, 6.45) is -4.13. The fourth-order valence-corrected chi connectivity index (χ4v) is 1.12. The Bertz CT molecular complexity index is 406. The van der Waals surface area contributed by atoms with Gasteiger partial charge in [-0.2, -0.15) is 8.78 Å². The van der Waals surface area contributed by atoms with Crippen molar-refractivity contribution < 1.29 is 27.4 Å². The van der Waals surface area contributed by atoms with E-state index in [1.165, 1.54) is 12.1 Å². The molecule has 3 nitrogen and oxygen atoms in total. The summed E-state index contributed by atoms with van der Waals surface area (Å²) in [6.45, 7) is 1.84. The van der Waals surface area contributed by atoms with Gasteiger partial charge in [-0.3, -0.25) is 0 Å². The second-order valence-corrected chi connectivity index (χ2v) is 3.59. The number of esters is 1. The quantitative estimate of drug-likeness (QED) is 0.613. The fourth-order valence-electron chi connectivity index (χ4n) is 1.08. The average Bonchev–Trinajstić information content (AvgIpc) is 2.29. The lowest BCUT2D eigenvalue weighted by molar-refractivity contribution is -0.199. The Morgan fingerprint density at radius 1 is 1.39 bits per heavy atom. The van der Waals surface area contributed by atoms with Crippen molar-refractivity contribution in [1.29, 1.82) is 0 Å². The molecule has 0 aliphatic heterocycles. The summed E-state index contributed by atoms with van der Waals surface area (Å²) in [6, 6.07) is 4.65. The maximum atomic E-state index is 12.8. The van der Waals surface area contributed by atoms with Crippen molar-refractivity contribution in [2.75, 3.05) is 6.61 Å². The van der Waals surface area contributed by atoms with Gasteiger partial charge in [0.15, 0.2) is 0 Å². The van der Waals surface area contributed by atoms with Gasteiger partial charge < -0.3 is 9.47 Å². The number of rotatable bonds is 5. The second kappa shape index (κ2) is 5.95. The zero-order chi connectivity index (χ0) is 13.8. The number of hydrogen-bond donors (Lipinski definition) is 0. The van der Waals surface area contributed by atoms with Crippen molar-refractivity contribution in [3.8, 4) is 5.75 Å². The molecule has 0 N–H and O–H groups in total. The second-order valence-electron chi connectivity index (χ2n) is 3.21. The van der Waals surface area contributed by atoms with Crippen LogP contribution in [0, 0.1) is 0 Å². The zero-order valence-corrected chi connectivity index (χ0v) is 10.1. The predicted molar refractivity (Wildman–Crippen MR) is 58.7 cm³/mol. The van der Waals surface area contributed by atoms with E-state index < -0.39 is 17.7 Å². The molecular weight excluding hydrogens is 273 g/mol. The van der Waals surface area contributed by atoms with Gasteiger partial charge in [-0.05, 0) is 31.2 Å². The number of hydrogen-bond acceptors (Lipinski definition) is 3. The first-order valence-electron chi connectivity index (χ1n) is 4.99. The molecule has 1 aromatic rings. The van der Waals surface area contributed by atoms with Gasteiger partial charge in [-0.25, -0.2) is 9.18 Å². The highest BCUT2D eigenvalue weighted by Gasteiger charge is 2.42. The summed E-state index contributed by atoms with van der Waals surface area (Å²) in [5, 5.41) is 0. The van der Waals surface area contributed by atoms with Gasteiger partial charge in [0.25, 0.3) is 5.63 Å². The summed E-state index contributed by atoms with van der Waals surface area (Å²) in [7, 11) is 0. The molecule has 0 radical (unpaired) electrons. The molecule has 1 unspecified atom stereocenters. The van der Waals surface area contributed by atoms with Gasteiger partial charge in [0, 0.05) is 0 Å². The monoisotopic (exact) mass is 282 g/mol. The molecular formula is C11H10ClF3O3. The SMILES string of the molecule is CCOC(=O)c1ccc(OC(F)(F)C(F)Cl)cc1. The minimum atomic E-state index is -4.13. The summed E-state index contributed by atoms with van der Waals surface area (Å²) in [4.78, 5) is 11.3. The Kier molecular flexibility index (Phi) is 4.84. The molecule has 0 bridgehead atoms. The highest BCUT2D eigenvalue weighted by molar-refractivity contribution is 6.20. The third-order valence-electron chi connectivity index (χ3n) is 1.87. The number of alkyl halides is 4. The minimum Gasteiger partial charge on any atom is -0.462 e. The van der Waals surface area contributed by atoms with Gasteiger partial charge in [0.05, 0.1) is 12.2 Å². The largest absolute Gasteiger partial charge is 0.462 e. The smallest absolute Gasteiger partial charge is 0.444 e. The van der Waals surface area contributed by atoms with Crippen molar-refractivity contribution in [2.24, 2.45) is 0 Å². The van der Waals surface area contributed by atoms with Crippen LogP contribution in [0.15, 0.2) is 24.3 Å². The molecule has 100 valence electrons. The molecule has 0 heterocycles. The van der Waals surface area contributed by atoms with E-state index in [1.807, 2.05) is 0 Å². The molecule has 1 rings (SSSR count). The standard InChI is InChI=1S/C11H10ClF3O3/c1-2-17-9(16)7-3-5-8(6-4-7)18-11(14,15)10(12)13/h3-6,10H,2H2,1H3. The molecule has 0 spiro atoms. The van der Waals surface area contributed by atoms with Crippen LogP contribution in [0.1, 0.15) is 17.3 Å². The van der Waals surface area contributed by atoms with Crippen molar-refractivity contribution in [1.82, 2.24) is 0 Å². The molecule has 1 aromatic carbocycles. The molecule has 7 heteroatoms. The van der Waals surface area contributed by atoms with Crippen LogP contribution in [0.5, 0.6) is 5.75 Å². The van der Waals surface area contributed by atoms with E-state index in [0.717, 1.165) is 12.1 Å². The van der Waals surface area contributed by atoms with Crippen molar-refractivity contribution >= 4 is 17.6 Å². The van der Waals surface area contributed by atoms with Gasteiger partial charge in [-0.15, -0.1) is 0 Å². The minimum absolute atomic E-state index is 0.176. The number of carbonyl (C=O) groups excluding carboxylic acids is 1. The Morgan fingerprint density at radius 3 is 2.39 bits per heavy atom. The number of ether oxygens (including phenoxy) is 2. The van der Waals surface area contributed by atoms with E-state index in [4.69, 9.17) is 4.74 Å². The van der Waals surface area contributed by atoms with Crippen molar-refractivity contribution in [3.05, 3.63) is 29.8 Å². The molecule has 0 saturated heterocycles. The Labute approximate surface area is 106 Å². The van der Waals surface area contributed by atoms with Crippen molar-refractivity contribution in [2.45, 2.75) is 18.7 Å². The van der Waals surface area contributed by atoms with E-state index in [9.17, 15) is 18.0 Å².